The fourth-order valence-electron chi connectivity index (χ4n) is 3.60. The fourth-order valence-corrected chi connectivity index (χ4v) is 4.47. The van der Waals surface area contributed by atoms with Gasteiger partial charge in [-0.05, 0) is 43.2 Å². The number of fused-ring (bicyclic) bond motifs is 3. The van der Waals surface area contributed by atoms with Crippen molar-refractivity contribution in [3.05, 3.63) is 23.7 Å². The quantitative estimate of drug-likeness (QED) is 0.856. The van der Waals surface area contributed by atoms with E-state index in [4.69, 9.17) is 0 Å². The molecule has 18 heavy (non-hydrogen) atoms. The van der Waals surface area contributed by atoms with E-state index in [0.29, 0.717) is 12.1 Å². The molecule has 1 N–H and O–H groups in total. The smallest absolute Gasteiger partial charge is 0.0830 e. The Morgan fingerprint density at radius 2 is 2.00 bits per heavy atom. The minimum Gasteiger partial charge on any atom is -0.393 e. The van der Waals surface area contributed by atoms with E-state index in [1.165, 1.54) is 23.2 Å². The summed E-state index contributed by atoms with van der Waals surface area (Å²) in [6.45, 7) is 0. The molecule has 2 aromatic rings. The molecule has 2 atom stereocenters. The molecule has 0 aromatic carbocycles. The lowest BCUT2D eigenvalue weighted by Crippen LogP contribution is -2.44. The van der Waals surface area contributed by atoms with Gasteiger partial charge < -0.3 is 10.0 Å². The van der Waals surface area contributed by atoms with Crippen LogP contribution in [-0.4, -0.2) is 28.3 Å². The molecule has 2 fully saturated rings. The minimum atomic E-state index is -0.0978. The predicted octanol–water partition coefficient (Wildman–Crippen LogP) is 2.79. The Hall–Kier alpha value is -1.13. The van der Waals surface area contributed by atoms with Crippen LogP contribution in [0.1, 0.15) is 25.7 Å². The fraction of sp³-hybridized carbons (Fsp3) is 0.500. The van der Waals surface area contributed by atoms with E-state index in [2.05, 4.69) is 27.4 Å². The summed E-state index contributed by atoms with van der Waals surface area (Å²) in [6, 6.07) is 5.27. The minimum absolute atomic E-state index is 0.0978. The highest BCUT2D eigenvalue weighted by Crippen LogP contribution is 2.42. The third kappa shape index (κ3) is 1.49. The Kier molecular flexibility index (Phi) is 2.35. The highest BCUT2D eigenvalue weighted by atomic mass is 32.1. The topological polar surface area (TPSA) is 36.4 Å². The van der Waals surface area contributed by atoms with Gasteiger partial charge in [-0.15, -0.1) is 11.3 Å². The Labute approximate surface area is 110 Å². The van der Waals surface area contributed by atoms with Crippen LogP contribution in [-0.2, 0) is 0 Å². The number of aliphatic hydroxyl groups is 1. The summed E-state index contributed by atoms with van der Waals surface area (Å²) >= 11 is 1.77. The van der Waals surface area contributed by atoms with Gasteiger partial charge in [-0.2, -0.15) is 0 Å². The number of rotatable bonds is 1. The maximum atomic E-state index is 9.89. The van der Waals surface area contributed by atoms with Crippen molar-refractivity contribution >= 4 is 27.2 Å². The molecule has 2 saturated heterocycles. The largest absolute Gasteiger partial charge is 0.393 e. The average molecular weight is 260 g/mol. The van der Waals surface area contributed by atoms with Crippen molar-refractivity contribution in [2.75, 3.05) is 4.90 Å². The van der Waals surface area contributed by atoms with Crippen LogP contribution < -0.4 is 4.90 Å². The second-order valence-corrected chi connectivity index (χ2v) is 6.30. The third-order valence-corrected chi connectivity index (χ3v) is 5.24. The van der Waals surface area contributed by atoms with Gasteiger partial charge >= 0.3 is 0 Å². The first kappa shape index (κ1) is 10.8. The summed E-state index contributed by atoms with van der Waals surface area (Å²) in [5.41, 5.74) is 2.43. The van der Waals surface area contributed by atoms with Gasteiger partial charge in [0.1, 0.15) is 0 Å². The van der Waals surface area contributed by atoms with Crippen molar-refractivity contribution in [1.29, 1.82) is 0 Å². The first-order valence-electron chi connectivity index (χ1n) is 6.61. The molecule has 3 nitrogen and oxygen atoms in total. The monoisotopic (exact) mass is 260 g/mol. The number of hydrogen-bond acceptors (Lipinski definition) is 4. The Bertz CT molecular complexity index is 568. The molecule has 0 aliphatic carbocycles. The third-order valence-electron chi connectivity index (χ3n) is 4.31. The predicted molar refractivity (Wildman–Crippen MR) is 74.1 cm³/mol. The number of aliphatic hydroxyl groups excluding tert-OH is 1. The van der Waals surface area contributed by atoms with Gasteiger partial charge in [0.15, 0.2) is 0 Å². The Balaban J connectivity index is 1.81. The lowest BCUT2D eigenvalue weighted by atomic mass is 9.99. The van der Waals surface area contributed by atoms with E-state index in [1.54, 1.807) is 11.3 Å². The molecule has 2 aliphatic heterocycles. The molecule has 0 radical (unpaired) electrons. The number of piperidine rings is 1. The summed E-state index contributed by atoms with van der Waals surface area (Å²) in [5.74, 6) is 0. The van der Waals surface area contributed by atoms with E-state index in [1.807, 2.05) is 6.20 Å². The number of nitrogens with zero attached hydrogens (tertiary/aromatic N) is 2. The number of aromatic nitrogens is 1. The molecule has 2 aliphatic rings. The van der Waals surface area contributed by atoms with Crippen LogP contribution in [0.4, 0.5) is 5.69 Å². The number of thiophene rings is 1. The van der Waals surface area contributed by atoms with Crippen LogP contribution in [0.15, 0.2) is 23.7 Å². The van der Waals surface area contributed by atoms with Gasteiger partial charge in [0.2, 0.25) is 0 Å². The van der Waals surface area contributed by atoms with Crippen LogP contribution >= 0.6 is 11.3 Å². The SMILES string of the molecule is OC1CC2CCC(C1)N2c1ccnc2ccsc12. The number of anilines is 1. The normalized spacial score (nSPS) is 31.2. The van der Waals surface area contributed by atoms with E-state index < -0.39 is 0 Å². The van der Waals surface area contributed by atoms with E-state index in [-0.39, 0.29) is 6.10 Å². The van der Waals surface area contributed by atoms with Crippen LogP contribution in [0.2, 0.25) is 0 Å². The summed E-state index contributed by atoms with van der Waals surface area (Å²) in [5, 5.41) is 12.0. The molecule has 0 saturated carbocycles. The number of pyridine rings is 1. The number of hydrogen-bond donors (Lipinski definition) is 1. The summed E-state index contributed by atoms with van der Waals surface area (Å²) in [7, 11) is 0. The molecule has 4 heterocycles. The first-order chi connectivity index (χ1) is 8.83. The maximum Gasteiger partial charge on any atom is 0.0830 e. The van der Waals surface area contributed by atoms with Crippen molar-refractivity contribution in [2.24, 2.45) is 0 Å². The standard InChI is InChI=1S/C14H16N2OS/c17-11-7-9-1-2-10(8-11)16(9)13-3-5-15-12-4-6-18-14(12)13/h3-6,9-11,17H,1-2,7-8H2. The molecule has 2 bridgehead atoms. The molecule has 94 valence electrons. The zero-order valence-electron chi connectivity index (χ0n) is 10.1. The van der Waals surface area contributed by atoms with E-state index in [9.17, 15) is 5.11 Å². The maximum absolute atomic E-state index is 9.89. The molecule has 0 spiro atoms. The van der Waals surface area contributed by atoms with Crippen molar-refractivity contribution in [1.82, 2.24) is 4.98 Å². The summed E-state index contributed by atoms with van der Waals surface area (Å²) in [4.78, 5) is 6.97. The van der Waals surface area contributed by atoms with Gasteiger partial charge in [0.25, 0.3) is 0 Å². The van der Waals surface area contributed by atoms with Gasteiger partial charge in [-0.25, -0.2) is 0 Å². The first-order valence-corrected chi connectivity index (χ1v) is 7.49. The van der Waals surface area contributed by atoms with Gasteiger partial charge in [-0.3, -0.25) is 4.98 Å². The van der Waals surface area contributed by atoms with Crippen molar-refractivity contribution in [3.63, 3.8) is 0 Å². The van der Waals surface area contributed by atoms with Crippen molar-refractivity contribution in [3.8, 4) is 0 Å². The lowest BCUT2D eigenvalue weighted by Gasteiger charge is -2.39. The van der Waals surface area contributed by atoms with Crippen LogP contribution in [0.25, 0.3) is 10.2 Å². The molecule has 2 unspecified atom stereocenters. The van der Waals surface area contributed by atoms with Crippen LogP contribution in [0.3, 0.4) is 0 Å². The highest BCUT2D eigenvalue weighted by Gasteiger charge is 2.40. The molecule has 4 rings (SSSR count). The lowest BCUT2D eigenvalue weighted by molar-refractivity contribution is 0.126. The molecular formula is C14H16N2OS. The van der Waals surface area contributed by atoms with Crippen LogP contribution in [0.5, 0.6) is 0 Å². The molecule has 0 amide bonds. The van der Waals surface area contributed by atoms with Crippen molar-refractivity contribution in [2.45, 2.75) is 43.9 Å². The zero-order valence-corrected chi connectivity index (χ0v) is 10.9. The molecular weight excluding hydrogens is 244 g/mol. The average Bonchev–Trinajstić information content (AvgIpc) is 2.92. The van der Waals surface area contributed by atoms with Gasteiger partial charge in [0.05, 0.1) is 22.0 Å². The van der Waals surface area contributed by atoms with E-state index in [0.717, 1.165) is 18.4 Å². The van der Waals surface area contributed by atoms with E-state index >= 15 is 0 Å². The van der Waals surface area contributed by atoms with Crippen molar-refractivity contribution < 1.29 is 5.11 Å². The second kappa shape index (κ2) is 3.93. The molecule has 2 aromatic heterocycles. The van der Waals surface area contributed by atoms with Gasteiger partial charge in [0, 0.05) is 18.3 Å². The van der Waals surface area contributed by atoms with Crippen LogP contribution in [0, 0.1) is 0 Å². The zero-order chi connectivity index (χ0) is 12.1. The Morgan fingerprint density at radius 1 is 1.22 bits per heavy atom. The second-order valence-electron chi connectivity index (χ2n) is 5.38. The van der Waals surface area contributed by atoms with Gasteiger partial charge in [-0.1, -0.05) is 0 Å². The Morgan fingerprint density at radius 3 is 2.78 bits per heavy atom. The highest BCUT2D eigenvalue weighted by molar-refractivity contribution is 7.17. The molecule has 4 heteroatoms. The summed E-state index contributed by atoms with van der Waals surface area (Å²) < 4.78 is 1.30. The summed E-state index contributed by atoms with van der Waals surface area (Å²) in [6.07, 6.45) is 6.10.